The molecule has 1 aliphatic heterocycles. The lowest BCUT2D eigenvalue weighted by molar-refractivity contribution is 0.132. The summed E-state index contributed by atoms with van der Waals surface area (Å²) in [5, 5.41) is 7.62. The van der Waals surface area contributed by atoms with Gasteiger partial charge in [0.15, 0.2) is 9.92 Å². The molecule has 1 atom stereocenters. The Morgan fingerprint density at radius 2 is 1.38 bits per heavy atom. The fraction of sp³-hybridized carbons (Fsp3) is 0.263. The van der Waals surface area contributed by atoms with Crippen LogP contribution in [0.1, 0.15) is 59.2 Å². The molecule has 0 spiro atoms. The predicted molar refractivity (Wildman–Crippen MR) is 182 cm³/mol. The molecule has 8 rings (SSSR count). The van der Waals surface area contributed by atoms with Crippen LogP contribution in [0.3, 0.4) is 0 Å². The Morgan fingerprint density at radius 3 is 1.92 bits per heavy atom. The highest BCUT2D eigenvalue weighted by Gasteiger charge is 2.52. The average Bonchev–Trinajstić information content (AvgIpc) is 3.78. The van der Waals surface area contributed by atoms with Crippen molar-refractivity contribution >= 4 is 21.6 Å². The number of aromatic nitrogens is 2. The average molecular weight is 662 g/mol. The first-order chi connectivity index (χ1) is 23.1. The number of nitrogens with zero attached hydrogens (tertiary/aromatic N) is 3. The lowest BCUT2D eigenvalue weighted by Gasteiger charge is -2.45. The molecule has 8 nitrogen and oxygen atoms in total. The summed E-state index contributed by atoms with van der Waals surface area (Å²) in [5.74, 6) is 0.0398. The maximum atomic E-state index is 15.7. The number of halogens is 1. The molecule has 0 saturated heterocycles. The van der Waals surface area contributed by atoms with Crippen LogP contribution in [0, 0.1) is 10.6 Å². The van der Waals surface area contributed by atoms with Gasteiger partial charge in [-0.25, -0.2) is 27.2 Å². The minimum atomic E-state index is -4.24. The molecule has 1 aromatic heterocycles. The lowest BCUT2D eigenvalue weighted by Crippen LogP contribution is -2.55. The van der Waals surface area contributed by atoms with Crippen LogP contribution in [0.25, 0.3) is 0 Å². The normalized spacial score (nSPS) is 16.9. The van der Waals surface area contributed by atoms with Gasteiger partial charge >= 0.3 is 6.03 Å². The second kappa shape index (κ2) is 11.1. The van der Waals surface area contributed by atoms with Crippen LogP contribution in [0.5, 0.6) is 5.88 Å². The van der Waals surface area contributed by atoms with Gasteiger partial charge < -0.3 is 10.1 Å². The molecule has 3 aliphatic rings. The minimum absolute atomic E-state index is 0.00716. The molecule has 0 bridgehead atoms. The second-order valence-corrected chi connectivity index (χ2v) is 15.2. The molecule has 10 heteroatoms. The highest BCUT2D eigenvalue weighted by Crippen LogP contribution is 2.49. The van der Waals surface area contributed by atoms with Gasteiger partial charge in [0, 0.05) is 5.69 Å². The summed E-state index contributed by atoms with van der Waals surface area (Å²) < 4.78 is 50.2. The van der Waals surface area contributed by atoms with Crippen molar-refractivity contribution in [1.82, 2.24) is 14.1 Å². The summed E-state index contributed by atoms with van der Waals surface area (Å²) in [7, 11) is -4.24. The number of fused-ring (bicyclic) bond motifs is 3. The molecule has 1 unspecified atom stereocenters. The maximum absolute atomic E-state index is 15.7. The van der Waals surface area contributed by atoms with Gasteiger partial charge in [-0.15, -0.1) is 0 Å². The van der Waals surface area contributed by atoms with E-state index in [2.05, 4.69) is 10.4 Å². The smallest absolute Gasteiger partial charge is 0.336 e. The number of anilines is 1. The van der Waals surface area contributed by atoms with Crippen molar-refractivity contribution in [2.75, 3.05) is 5.32 Å². The fourth-order valence-electron chi connectivity index (χ4n) is 7.69. The molecule has 0 saturated carbocycles. The quantitative estimate of drug-likeness (QED) is 0.175. The van der Waals surface area contributed by atoms with Gasteiger partial charge in [0.1, 0.15) is 21.9 Å². The van der Waals surface area contributed by atoms with Gasteiger partial charge in [0.2, 0.25) is 5.88 Å². The zero-order valence-corrected chi connectivity index (χ0v) is 27.6. The summed E-state index contributed by atoms with van der Waals surface area (Å²) in [5.41, 5.74) is 3.13. The number of urea groups is 1. The maximum Gasteiger partial charge on any atom is 0.336 e. The van der Waals surface area contributed by atoms with E-state index in [1.165, 1.54) is 10.5 Å². The topological polar surface area (TPSA) is 100 Å². The molecular weight excluding hydrogens is 626 g/mol. The van der Waals surface area contributed by atoms with Gasteiger partial charge in [-0.1, -0.05) is 91.0 Å². The summed E-state index contributed by atoms with van der Waals surface area (Å²) in [6, 6.07) is 27.5. The van der Waals surface area contributed by atoms with Gasteiger partial charge in [-0.05, 0) is 84.9 Å². The molecule has 2 heterocycles. The molecule has 2 aliphatic carbocycles. The van der Waals surface area contributed by atoms with Crippen LogP contribution in [-0.2, 0) is 47.7 Å². The van der Waals surface area contributed by atoms with Crippen LogP contribution in [0.4, 0.5) is 14.9 Å². The number of amides is 2. The molecule has 2 amide bonds. The Labute approximate surface area is 279 Å². The third-order valence-corrected chi connectivity index (χ3v) is 11.7. The molecule has 48 heavy (non-hydrogen) atoms. The van der Waals surface area contributed by atoms with E-state index in [0.717, 1.165) is 17.5 Å². The zero-order chi connectivity index (χ0) is 33.3. The monoisotopic (exact) mass is 661 g/mol. The Balaban J connectivity index is 1.42. The van der Waals surface area contributed by atoms with Crippen LogP contribution in [0.15, 0.2) is 102 Å². The first kappa shape index (κ1) is 30.4. The van der Waals surface area contributed by atoms with Crippen molar-refractivity contribution in [2.45, 2.75) is 68.5 Å². The van der Waals surface area contributed by atoms with Gasteiger partial charge in [-0.2, -0.15) is 5.10 Å². The van der Waals surface area contributed by atoms with Crippen LogP contribution in [0.2, 0.25) is 0 Å². The van der Waals surface area contributed by atoms with E-state index in [-0.39, 0.29) is 16.6 Å². The molecule has 244 valence electrons. The van der Waals surface area contributed by atoms with E-state index in [0.29, 0.717) is 65.7 Å². The van der Waals surface area contributed by atoms with Gasteiger partial charge in [0.25, 0.3) is 0 Å². The summed E-state index contributed by atoms with van der Waals surface area (Å²) in [4.78, 5) is 15.4. The van der Waals surface area contributed by atoms with Crippen molar-refractivity contribution in [3.8, 4) is 5.88 Å². The van der Waals surface area contributed by atoms with E-state index in [1.54, 1.807) is 4.68 Å². The van der Waals surface area contributed by atoms with Crippen LogP contribution in [-0.4, -0.2) is 29.9 Å². The van der Waals surface area contributed by atoms with Crippen molar-refractivity contribution < 1.29 is 18.1 Å². The first-order valence-electron chi connectivity index (χ1n) is 16.3. The van der Waals surface area contributed by atoms with Gasteiger partial charge in [-0.3, -0.25) is 0 Å². The van der Waals surface area contributed by atoms with E-state index in [9.17, 15) is 4.78 Å². The number of nitrogens with one attached hydrogen (secondary N) is 2. The van der Waals surface area contributed by atoms with E-state index < -0.39 is 27.1 Å². The Kier molecular flexibility index (Phi) is 6.99. The number of carbonyl (C=O) groups is 1. The van der Waals surface area contributed by atoms with E-state index in [4.69, 9.17) is 4.74 Å². The van der Waals surface area contributed by atoms with E-state index >= 15 is 13.4 Å². The number of rotatable bonds is 7. The molecule has 0 fully saturated rings. The lowest BCUT2D eigenvalue weighted by atomic mass is 9.77. The number of hydrogen-bond acceptors (Lipinski definition) is 5. The molecule has 5 aromatic rings. The third-order valence-electron chi connectivity index (χ3n) is 9.85. The van der Waals surface area contributed by atoms with Crippen LogP contribution >= 0.6 is 0 Å². The van der Waals surface area contributed by atoms with E-state index in [1.807, 2.05) is 105 Å². The largest absolute Gasteiger partial charge is 0.469 e. The highest BCUT2D eigenvalue weighted by molar-refractivity contribution is 7.90. The predicted octanol–water partition coefficient (Wildman–Crippen LogP) is 7.63. The second-order valence-electron chi connectivity index (χ2n) is 13.3. The van der Waals surface area contributed by atoms with Crippen molar-refractivity contribution in [3.05, 3.63) is 142 Å². The summed E-state index contributed by atoms with van der Waals surface area (Å²) in [6.07, 6.45) is 4.64. The first-order valence-corrected chi connectivity index (χ1v) is 17.8. The van der Waals surface area contributed by atoms with Crippen LogP contribution < -0.4 is 10.1 Å². The Bertz CT molecular complexity index is 2070. The molecule has 4 aromatic carbocycles. The minimum Gasteiger partial charge on any atom is -0.469 e. The molecule has 0 radical (unpaired) electrons. The number of ether oxygens (including phenoxy) is 1. The molecule has 2 N–H and O–H groups in total. The van der Waals surface area contributed by atoms with Crippen molar-refractivity contribution in [1.29, 1.82) is 4.78 Å². The number of benzene rings is 4. The fourth-order valence-corrected chi connectivity index (χ4v) is 9.45. The number of hydrogen-bond donors (Lipinski definition) is 2. The summed E-state index contributed by atoms with van der Waals surface area (Å²) in [6.45, 7) is 4.20. The zero-order valence-electron chi connectivity index (χ0n) is 26.8. The van der Waals surface area contributed by atoms with Crippen molar-refractivity contribution in [2.24, 2.45) is 0 Å². The Hall–Kier alpha value is -4.96. The van der Waals surface area contributed by atoms with Gasteiger partial charge in [0.05, 0.1) is 12.7 Å². The SMILES string of the molecule is CC1(C)Cn2ncc(S(=N)(=O)N(C(=O)Nc3c4c(c(F)c5c3CC5)CCC4)C(c3ccccc3)(c3ccccc3)c3ccccc3)c2O1. The van der Waals surface area contributed by atoms with Crippen molar-refractivity contribution in [3.63, 3.8) is 0 Å². The third kappa shape index (κ3) is 4.49. The number of carbonyl (C=O) groups excluding carboxylic acids is 1. The highest BCUT2D eigenvalue weighted by atomic mass is 32.2. The molecular formula is C38H36FN5O3S. The Morgan fingerprint density at radius 1 is 0.875 bits per heavy atom. The standard InChI is InChI=1S/C38H36FN5O3S/c1-37(2)24-43-35(47-37)32(23-41-43)48(40,46)44(36(45)42-34-30-20-12-19-28(30)33(39)29-21-22-31(29)34)38(25-13-6-3-7-14-25,26-15-8-4-9-16-26)27-17-10-5-11-18-27/h3-11,13-18,23,40H,12,19-22,24H2,1-2H3,(H,42,45). The summed E-state index contributed by atoms with van der Waals surface area (Å²) >= 11 is 0.